The van der Waals surface area contributed by atoms with Gasteiger partial charge in [-0.2, -0.15) is 0 Å². The van der Waals surface area contributed by atoms with Crippen LogP contribution >= 0.6 is 0 Å². The first-order chi connectivity index (χ1) is 17.7. The Hall–Kier alpha value is -3.72. The van der Waals surface area contributed by atoms with E-state index in [4.69, 9.17) is 9.47 Å². The molecular weight excluding hydrogens is 468 g/mol. The number of benzene rings is 2. The van der Waals surface area contributed by atoms with Crippen LogP contribution in [0.5, 0.6) is 11.5 Å². The predicted octanol–water partition coefficient (Wildman–Crippen LogP) is 4.77. The molecule has 0 bridgehead atoms. The van der Waals surface area contributed by atoms with Crippen LogP contribution in [-0.2, 0) is 18.6 Å². The summed E-state index contributed by atoms with van der Waals surface area (Å²) in [5.41, 5.74) is 4.46. The average molecular weight is 503 g/mol. The number of hydrogen-bond donors (Lipinski definition) is 1. The highest BCUT2D eigenvalue weighted by molar-refractivity contribution is 5.85. The second-order valence-electron chi connectivity index (χ2n) is 10.7. The van der Waals surface area contributed by atoms with Crippen molar-refractivity contribution >= 4 is 10.9 Å². The molecule has 0 spiro atoms. The normalized spacial score (nSPS) is 14.0. The minimum atomic E-state index is -0.286. The summed E-state index contributed by atoms with van der Waals surface area (Å²) < 4.78 is 13.0. The molecule has 0 saturated heterocycles. The molecular formula is C28H34N6O3. The number of fused-ring (bicyclic) bond motifs is 2. The average Bonchev–Trinajstić information content (AvgIpc) is 3.52. The number of ether oxygens (including phenoxy) is 2. The molecule has 0 unspecified atom stereocenters. The molecule has 0 aliphatic carbocycles. The van der Waals surface area contributed by atoms with Gasteiger partial charge in [-0.3, -0.25) is 9.69 Å². The zero-order valence-corrected chi connectivity index (χ0v) is 22.3. The van der Waals surface area contributed by atoms with E-state index in [0.29, 0.717) is 18.7 Å². The zero-order valence-electron chi connectivity index (χ0n) is 22.3. The van der Waals surface area contributed by atoms with Gasteiger partial charge in [0, 0.05) is 24.0 Å². The Morgan fingerprint density at radius 2 is 1.81 bits per heavy atom. The second kappa shape index (κ2) is 9.63. The second-order valence-corrected chi connectivity index (χ2v) is 10.7. The van der Waals surface area contributed by atoms with Gasteiger partial charge in [-0.1, -0.05) is 25.1 Å². The molecule has 37 heavy (non-hydrogen) atoms. The van der Waals surface area contributed by atoms with E-state index in [1.54, 1.807) is 0 Å². The number of pyridine rings is 1. The number of rotatable bonds is 7. The van der Waals surface area contributed by atoms with E-state index in [2.05, 4.69) is 66.1 Å². The van der Waals surface area contributed by atoms with Crippen LogP contribution in [0.2, 0.25) is 0 Å². The van der Waals surface area contributed by atoms with Gasteiger partial charge in [0.15, 0.2) is 17.3 Å². The van der Waals surface area contributed by atoms with Crippen molar-refractivity contribution in [1.29, 1.82) is 0 Å². The van der Waals surface area contributed by atoms with Crippen molar-refractivity contribution in [2.45, 2.75) is 72.6 Å². The Morgan fingerprint density at radius 1 is 1.05 bits per heavy atom. The molecule has 1 aliphatic heterocycles. The van der Waals surface area contributed by atoms with Crippen molar-refractivity contribution in [3.8, 4) is 11.5 Å². The summed E-state index contributed by atoms with van der Waals surface area (Å²) in [5.74, 6) is 2.26. The minimum Gasteiger partial charge on any atom is -0.454 e. The SMILES string of the molecule is CC[C@@H](c1nnnn1C(C)(C)C)N(Cc1ccc2c(c1)OCO2)Cc1cc2c(C)ccc(C)c2[nH]c1=O. The quantitative estimate of drug-likeness (QED) is 0.389. The molecule has 194 valence electrons. The number of aromatic amines is 1. The van der Waals surface area contributed by atoms with Crippen LogP contribution in [0.1, 0.15) is 68.2 Å². The molecule has 4 aromatic rings. The van der Waals surface area contributed by atoms with E-state index in [-0.39, 0.29) is 23.9 Å². The van der Waals surface area contributed by atoms with Crippen LogP contribution in [-0.4, -0.2) is 36.9 Å². The van der Waals surface area contributed by atoms with Gasteiger partial charge in [-0.15, -0.1) is 5.10 Å². The van der Waals surface area contributed by atoms with Crippen molar-refractivity contribution in [3.63, 3.8) is 0 Å². The summed E-state index contributed by atoms with van der Waals surface area (Å²) in [4.78, 5) is 18.7. The van der Waals surface area contributed by atoms with Crippen LogP contribution in [0.25, 0.3) is 10.9 Å². The monoisotopic (exact) mass is 502 g/mol. The van der Waals surface area contributed by atoms with Crippen molar-refractivity contribution < 1.29 is 9.47 Å². The summed E-state index contributed by atoms with van der Waals surface area (Å²) in [6, 6.07) is 12.0. The topological polar surface area (TPSA) is 98.2 Å². The Bertz CT molecular complexity index is 1500. The van der Waals surface area contributed by atoms with Gasteiger partial charge in [-0.05, 0) is 86.4 Å². The predicted molar refractivity (Wildman–Crippen MR) is 142 cm³/mol. The van der Waals surface area contributed by atoms with Crippen LogP contribution in [0.4, 0.5) is 0 Å². The van der Waals surface area contributed by atoms with Gasteiger partial charge in [-0.25, -0.2) is 4.68 Å². The number of aromatic nitrogens is 5. The van der Waals surface area contributed by atoms with Gasteiger partial charge in [0.2, 0.25) is 6.79 Å². The molecule has 2 aromatic carbocycles. The molecule has 1 N–H and O–H groups in total. The van der Waals surface area contributed by atoms with Crippen molar-refractivity contribution in [2.75, 3.05) is 6.79 Å². The Labute approximate surface area is 216 Å². The van der Waals surface area contributed by atoms with E-state index in [1.807, 2.05) is 41.9 Å². The number of tetrazole rings is 1. The molecule has 2 aromatic heterocycles. The molecule has 3 heterocycles. The minimum absolute atomic E-state index is 0.0813. The third-order valence-electron chi connectivity index (χ3n) is 6.97. The molecule has 9 nitrogen and oxygen atoms in total. The molecule has 0 fully saturated rings. The number of hydrogen-bond acceptors (Lipinski definition) is 7. The zero-order chi connectivity index (χ0) is 26.3. The third kappa shape index (κ3) is 4.83. The Kier molecular flexibility index (Phi) is 6.49. The van der Waals surface area contributed by atoms with Crippen LogP contribution < -0.4 is 15.0 Å². The first-order valence-electron chi connectivity index (χ1n) is 12.7. The third-order valence-corrected chi connectivity index (χ3v) is 6.97. The van der Waals surface area contributed by atoms with Gasteiger partial charge >= 0.3 is 0 Å². The van der Waals surface area contributed by atoms with E-state index in [0.717, 1.165) is 51.3 Å². The van der Waals surface area contributed by atoms with Gasteiger partial charge in [0.25, 0.3) is 5.56 Å². The number of H-pyrrole nitrogens is 1. The maximum absolute atomic E-state index is 13.3. The highest BCUT2D eigenvalue weighted by Crippen LogP contribution is 2.35. The largest absolute Gasteiger partial charge is 0.454 e. The molecule has 0 saturated carbocycles. The molecule has 5 rings (SSSR count). The summed E-state index contributed by atoms with van der Waals surface area (Å²) >= 11 is 0. The fourth-order valence-electron chi connectivity index (χ4n) is 4.99. The summed E-state index contributed by atoms with van der Waals surface area (Å²) in [6.45, 7) is 13.7. The summed E-state index contributed by atoms with van der Waals surface area (Å²) in [5, 5.41) is 13.8. The van der Waals surface area contributed by atoms with Gasteiger partial charge in [0.05, 0.1) is 17.1 Å². The molecule has 1 aliphatic rings. The Balaban J connectivity index is 1.58. The molecule has 0 amide bonds. The maximum Gasteiger partial charge on any atom is 0.252 e. The van der Waals surface area contributed by atoms with E-state index in [1.165, 1.54) is 0 Å². The molecule has 1 atom stereocenters. The lowest BCUT2D eigenvalue weighted by Gasteiger charge is -2.32. The molecule has 9 heteroatoms. The van der Waals surface area contributed by atoms with Crippen molar-refractivity contribution in [3.05, 3.63) is 74.8 Å². The van der Waals surface area contributed by atoms with Crippen LogP contribution in [0.3, 0.4) is 0 Å². The summed E-state index contributed by atoms with van der Waals surface area (Å²) in [7, 11) is 0. The fourth-order valence-corrected chi connectivity index (χ4v) is 4.99. The maximum atomic E-state index is 13.3. The van der Waals surface area contributed by atoms with E-state index < -0.39 is 0 Å². The summed E-state index contributed by atoms with van der Waals surface area (Å²) in [6.07, 6.45) is 0.768. The fraction of sp³-hybridized carbons (Fsp3) is 0.429. The van der Waals surface area contributed by atoms with Gasteiger partial charge < -0.3 is 14.5 Å². The van der Waals surface area contributed by atoms with Crippen molar-refractivity contribution in [2.24, 2.45) is 0 Å². The lowest BCUT2D eigenvalue weighted by molar-refractivity contribution is 0.153. The van der Waals surface area contributed by atoms with Crippen LogP contribution in [0, 0.1) is 13.8 Å². The van der Waals surface area contributed by atoms with Crippen molar-refractivity contribution in [1.82, 2.24) is 30.1 Å². The molecule has 0 radical (unpaired) electrons. The first-order valence-corrected chi connectivity index (χ1v) is 12.7. The Morgan fingerprint density at radius 3 is 2.57 bits per heavy atom. The number of nitrogens with one attached hydrogen (secondary N) is 1. The first kappa shape index (κ1) is 25.0. The van der Waals surface area contributed by atoms with E-state index in [9.17, 15) is 4.79 Å². The van der Waals surface area contributed by atoms with Crippen LogP contribution in [0.15, 0.2) is 41.2 Å². The number of aryl methyl sites for hydroxylation is 2. The highest BCUT2D eigenvalue weighted by atomic mass is 16.7. The van der Waals surface area contributed by atoms with E-state index >= 15 is 0 Å². The standard InChI is InChI=1S/C28H34N6O3/c1-7-22(26-30-31-32-34(26)28(4,5)6)33(14-19-10-11-23-24(12-19)37-16-36-23)15-20-13-21-17(2)8-9-18(3)25(21)29-27(20)35/h8-13,22H,7,14-16H2,1-6H3,(H,29,35)/t22-/m0/s1. The van der Waals surface area contributed by atoms with Gasteiger partial charge in [0.1, 0.15) is 0 Å². The lowest BCUT2D eigenvalue weighted by Crippen LogP contribution is -2.35. The lowest BCUT2D eigenvalue weighted by atomic mass is 10.0. The smallest absolute Gasteiger partial charge is 0.252 e. The highest BCUT2D eigenvalue weighted by Gasteiger charge is 2.30. The number of nitrogens with zero attached hydrogens (tertiary/aromatic N) is 5.